The molecule has 0 saturated heterocycles. The second-order valence-corrected chi connectivity index (χ2v) is 9.91. The molecule has 36 heavy (non-hydrogen) atoms. The van der Waals surface area contributed by atoms with Gasteiger partial charge in [-0.05, 0) is 63.5 Å². The van der Waals surface area contributed by atoms with Crippen molar-refractivity contribution in [3.05, 3.63) is 41.6 Å². The van der Waals surface area contributed by atoms with Crippen molar-refractivity contribution in [2.24, 2.45) is 5.92 Å². The molecular weight excluding hydrogens is 461 g/mol. The van der Waals surface area contributed by atoms with Crippen LogP contribution in [-0.2, 0) is 4.79 Å². The molecule has 2 heterocycles. The quantitative estimate of drug-likeness (QED) is 0.430. The Hall–Kier alpha value is -3.49. The highest BCUT2D eigenvalue weighted by molar-refractivity contribution is 6.09. The molecule has 2 amide bonds. The third-order valence-corrected chi connectivity index (χ3v) is 7.12. The number of H-pyrrole nitrogens is 1. The lowest BCUT2D eigenvalue weighted by Gasteiger charge is -2.29. The summed E-state index contributed by atoms with van der Waals surface area (Å²) in [5.74, 6) is 0.463. The molecule has 2 aliphatic rings. The number of ether oxygens (including phenoxy) is 1. The summed E-state index contributed by atoms with van der Waals surface area (Å²) in [6.45, 7) is 4.23. The molecule has 2 aliphatic carbocycles. The fourth-order valence-electron chi connectivity index (χ4n) is 4.88. The van der Waals surface area contributed by atoms with Crippen LogP contribution in [0.2, 0.25) is 0 Å². The fraction of sp³-hybridized carbons (Fsp3) is 0.481. The molecule has 0 unspecified atom stereocenters. The molecule has 8 nitrogen and oxygen atoms in total. The minimum Gasteiger partial charge on any atom is -0.492 e. The molecule has 0 atom stereocenters. The number of halogens is 1. The van der Waals surface area contributed by atoms with Crippen LogP contribution in [0.25, 0.3) is 22.3 Å². The molecule has 2 saturated carbocycles. The number of fused-ring (bicyclic) bond motifs is 1. The molecule has 9 heteroatoms. The van der Waals surface area contributed by atoms with Gasteiger partial charge in [-0.1, -0.05) is 6.92 Å². The van der Waals surface area contributed by atoms with Gasteiger partial charge in [-0.2, -0.15) is 0 Å². The van der Waals surface area contributed by atoms with Gasteiger partial charge < -0.3 is 20.4 Å². The third kappa shape index (κ3) is 5.20. The topological polar surface area (TPSA) is 109 Å². The smallest absolute Gasteiger partial charge is 0.255 e. The van der Waals surface area contributed by atoms with Crippen molar-refractivity contribution in [2.75, 3.05) is 6.61 Å². The van der Waals surface area contributed by atoms with E-state index >= 15 is 0 Å². The van der Waals surface area contributed by atoms with Crippen LogP contribution >= 0.6 is 0 Å². The van der Waals surface area contributed by atoms with Crippen LogP contribution < -0.4 is 15.4 Å². The number of aromatic amines is 1. The number of benzene rings is 1. The second kappa shape index (κ2) is 10.2. The minimum atomic E-state index is -0.374. The molecule has 2 aromatic heterocycles. The largest absolute Gasteiger partial charge is 0.492 e. The number of carbonyl (C=O) groups is 2. The van der Waals surface area contributed by atoms with E-state index in [0.717, 1.165) is 38.5 Å². The zero-order valence-electron chi connectivity index (χ0n) is 20.7. The van der Waals surface area contributed by atoms with Gasteiger partial charge in [0.1, 0.15) is 29.1 Å². The molecule has 190 valence electrons. The third-order valence-electron chi connectivity index (χ3n) is 7.12. The summed E-state index contributed by atoms with van der Waals surface area (Å²) < 4.78 is 20.0. The van der Waals surface area contributed by atoms with E-state index in [1.165, 1.54) is 18.5 Å². The van der Waals surface area contributed by atoms with Gasteiger partial charge in [0.25, 0.3) is 5.91 Å². The van der Waals surface area contributed by atoms with E-state index in [4.69, 9.17) is 4.74 Å². The normalized spacial score (nSPS) is 19.8. The van der Waals surface area contributed by atoms with E-state index in [2.05, 4.69) is 25.6 Å². The highest BCUT2D eigenvalue weighted by Crippen LogP contribution is 2.36. The van der Waals surface area contributed by atoms with Crippen LogP contribution in [0, 0.1) is 18.7 Å². The Balaban J connectivity index is 1.36. The standard InChI is InChI=1S/C27H32FN5O3/c1-3-22(34)32-18-7-9-19(10-8-18)33-27(35)23-15(2)31-26-24(29-14-30-25(23)26)20-11-6-17(28)12-21(20)36-13-16-4-5-16/h6,11-12,14,16,18-19,31H,3-5,7-10,13H2,1-2H3,(H,32,34)(H,33,35)/t18-,19+. The number of rotatable bonds is 8. The highest BCUT2D eigenvalue weighted by atomic mass is 19.1. The van der Waals surface area contributed by atoms with E-state index in [1.807, 2.05) is 13.8 Å². The van der Waals surface area contributed by atoms with Crippen molar-refractivity contribution in [3.8, 4) is 17.0 Å². The van der Waals surface area contributed by atoms with Crippen molar-refractivity contribution in [1.82, 2.24) is 25.6 Å². The monoisotopic (exact) mass is 493 g/mol. The van der Waals surface area contributed by atoms with Crippen molar-refractivity contribution in [2.45, 2.75) is 70.9 Å². The first-order chi connectivity index (χ1) is 17.4. The van der Waals surface area contributed by atoms with Crippen LogP contribution in [0.1, 0.15) is 67.9 Å². The fourth-order valence-corrected chi connectivity index (χ4v) is 4.88. The Morgan fingerprint density at radius 2 is 1.81 bits per heavy atom. The van der Waals surface area contributed by atoms with Crippen LogP contribution in [0.15, 0.2) is 24.5 Å². The maximum atomic E-state index is 14.0. The predicted molar refractivity (Wildman–Crippen MR) is 134 cm³/mol. The maximum Gasteiger partial charge on any atom is 0.255 e. The number of nitrogens with zero attached hydrogens (tertiary/aromatic N) is 2. The number of aryl methyl sites for hydroxylation is 1. The Kier molecular flexibility index (Phi) is 6.89. The summed E-state index contributed by atoms with van der Waals surface area (Å²) in [5.41, 5.74) is 3.55. The number of carbonyl (C=O) groups excluding carboxylic acids is 2. The molecule has 2 fully saturated rings. The molecule has 3 aromatic rings. The Labute approximate surface area is 209 Å². The number of nitrogens with one attached hydrogen (secondary N) is 3. The van der Waals surface area contributed by atoms with Crippen LogP contribution in [-0.4, -0.2) is 45.5 Å². The summed E-state index contributed by atoms with van der Waals surface area (Å²) in [5, 5.41) is 6.20. The van der Waals surface area contributed by atoms with Gasteiger partial charge in [-0.25, -0.2) is 14.4 Å². The van der Waals surface area contributed by atoms with Gasteiger partial charge in [0.15, 0.2) is 0 Å². The zero-order chi connectivity index (χ0) is 25.2. The number of amides is 2. The average Bonchev–Trinajstić information content (AvgIpc) is 3.63. The lowest BCUT2D eigenvalue weighted by Crippen LogP contribution is -2.43. The maximum absolute atomic E-state index is 14.0. The zero-order valence-corrected chi connectivity index (χ0v) is 20.7. The van der Waals surface area contributed by atoms with Gasteiger partial charge in [0.2, 0.25) is 5.91 Å². The second-order valence-electron chi connectivity index (χ2n) is 9.91. The molecule has 3 N–H and O–H groups in total. The van der Waals surface area contributed by atoms with Gasteiger partial charge in [-0.3, -0.25) is 9.59 Å². The van der Waals surface area contributed by atoms with E-state index in [0.29, 0.717) is 58.2 Å². The number of aromatic nitrogens is 3. The van der Waals surface area contributed by atoms with Gasteiger partial charge in [0, 0.05) is 35.8 Å². The van der Waals surface area contributed by atoms with Crippen LogP contribution in [0.5, 0.6) is 5.75 Å². The highest BCUT2D eigenvalue weighted by Gasteiger charge is 2.27. The van der Waals surface area contributed by atoms with Gasteiger partial charge in [-0.15, -0.1) is 0 Å². The summed E-state index contributed by atoms with van der Waals surface area (Å²) >= 11 is 0. The summed E-state index contributed by atoms with van der Waals surface area (Å²) in [7, 11) is 0. The summed E-state index contributed by atoms with van der Waals surface area (Å²) in [4.78, 5) is 37.2. The molecule has 0 aliphatic heterocycles. The molecule has 1 aromatic carbocycles. The summed E-state index contributed by atoms with van der Waals surface area (Å²) in [6.07, 6.45) is 7.45. The Morgan fingerprint density at radius 3 is 2.50 bits per heavy atom. The number of hydrogen-bond donors (Lipinski definition) is 3. The lowest BCUT2D eigenvalue weighted by molar-refractivity contribution is -0.121. The molecule has 0 spiro atoms. The van der Waals surface area contributed by atoms with Crippen molar-refractivity contribution >= 4 is 22.8 Å². The van der Waals surface area contributed by atoms with Gasteiger partial charge in [0.05, 0.1) is 17.7 Å². The first kappa shape index (κ1) is 24.2. The van der Waals surface area contributed by atoms with Crippen LogP contribution in [0.4, 0.5) is 4.39 Å². The number of hydrogen-bond acceptors (Lipinski definition) is 5. The Bertz CT molecular complexity index is 1280. The molecule has 5 rings (SSSR count). The minimum absolute atomic E-state index is 0.0393. The summed E-state index contributed by atoms with van der Waals surface area (Å²) in [6, 6.07) is 4.63. The van der Waals surface area contributed by atoms with Crippen molar-refractivity contribution < 1.29 is 18.7 Å². The van der Waals surface area contributed by atoms with Crippen molar-refractivity contribution in [3.63, 3.8) is 0 Å². The lowest BCUT2D eigenvalue weighted by atomic mass is 9.91. The van der Waals surface area contributed by atoms with Crippen LogP contribution in [0.3, 0.4) is 0 Å². The average molecular weight is 494 g/mol. The van der Waals surface area contributed by atoms with E-state index in [1.54, 1.807) is 6.07 Å². The first-order valence-electron chi connectivity index (χ1n) is 12.8. The SMILES string of the molecule is CCC(=O)N[C@H]1CC[C@@H](NC(=O)c2c(C)[nH]c3c(-c4ccc(F)cc4OCC4CC4)ncnc23)CC1. The van der Waals surface area contributed by atoms with Gasteiger partial charge >= 0.3 is 0 Å². The van der Waals surface area contributed by atoms with E-state index < -0.39 is 0 Å². The molecule has 0 radical (unpaired) electrons. The molecule has 0 bridgehead atoms. The predicted octanol–water partition coefficient (Wildman–Crippen LogP) is 4.43. The first-order valence-corrected chi connectivity index (χ1v) is 12.8. The Morgan fingerprint density at radius 1 is 1.08 bits per heavy atom. The van der Waals surface area contributed by atoms with Crippen molar-refractivity contribution in [1.29, 1.82) is 0 Å². The molecular formula is C27H32FN5O3. The van der Waals surface area contributed by atoms with E-state index in [9.17, 15) is 14.0 Å². The van der Waals surface area contributed by atoms with E-state index in [-0.39, 0.29) is 29.7 Å².